The fourth-order valence-corrected chi connectivity index (χ4v) is 1.72. The van der Waals surface area contributed by atoms with Gasteiger partial charge in [0.05, 0.1) is 5.92 Å². The maximum absolute atomic E-state index is 13.9. The molecule has 3 N–H and O–H groups in total. The Bertz CT molecular complexity index is 554. The number of nitrogens with zero attached hydrogens (tertiary/aromatic N) is 2. The van der Waals surface area contributed by atoms with Gasteiger partial charge in [-0.15, -0.1) is 0 Å². The van der Waals surface area contributed by atoms with E-state index in [1.165, 1.54) is 23.0 Å². The quantitative estimate of drug-likeness (QED) is 0.851. The van der Waals surface area contributed by atoms with Crippen molar-refractivity contribution in [2.75, 3.05) is 6.54 Å². The summed E-state index contributed by atoms with van der Waals surface area (Å²) in [5, 5.41) is 12.9. The fraction of sp³-hybridized carbons (Fsp3) is 0.167. The molecule has 6 heteroatoms. The fourth-order valence-electron chi connectivity index (χ4n) is 1.72. The van der Waals surface area contributed by atoms with Crippen molar-refractivity contribution >= 4 is 5.97 Å². The molecule has 94 valence electrons. The maximum Gasteiger partial charge on any atom is 0.312 e. The normalized spacial score (nSPS) is 12.3. The second-order valence-corrected chi connectivity index (χ2v) is 3.79. The van der Waals surface area contributed by atoms with Crippen LogP contribution in [0.4, 0.5) is 4.39 Å². The summed E-state index contributed by atoms with van der Waals surface area (Å²) in [7, 11) is 0. The number of hydrogen-bond acceptors (Lipinski definition) is 3. The molecular weight excluding hydrogens is 237 g/mol. The second-order valence-electron chi connectivity index (χ2n) is 3.79. The SMILES string of the molecule is NCC(C(=O)O)c1ccc(-n2cccn2)c(F)c1. The second kappa shape index (κ2) is 4.97. The molecular formula is C12H12FN3O2. The number of halogens is 1. The number of carboxylic acids is 1. The third-order valence-electron chi connectivity index (χ3n) is 2.66. The molecule has 1 aromatic heterocycles. The number of benzene rings is 1. The highest BCUT2D eigenvalue weighted by Gasteiger charge is 2.19. The van der Waals surface area contributed by atoms with Crippen molar-refractivity contribution in [3.63, 3.8) is 0 Å². The van der Waals surface area contributed by atoms with Gasteiger partial charge in [0.15, 0.2) is 0 Å². The van der Waals surface area contributed by atoms with Gasteiger partial charge in [-0.05, 0) is 23.8 Å². The van der Waals surface area contributed by atoms with Crippen molar-refractivity contribution in [3.05, 3.63) is 48.0 Å². The van der Waals surface area contributed by atoms with Crippen molar-refractivity contribution in [2.24, 2.45) is 5.73 Å². The molecule has 0 saturated carbocycles. The van der Waals surface area contributed by atoms with Crippen molar-refractivity contribution in [3.8, 4) is 5.69 Å². The highest BCUT2D eigenvalue weighted by Crippen LogP contribution is 2.20. The standard InChI is InChI=1S/C12H12FN3O2/c13-10-6-8(9(7-14)12(17)18)2-3-11(10)16-5-1-4-15-16/h1-6,9H,7,14H2,(H,17,18). The first-order valence-corrected chi connectivity index (χ1v) is 5.36. The van der Waals surface area contributed by atoms with Crippen LogP contribution in [0.25, 0.3) is 5.69 Å². The largest absolute Gasteiger partial charge is 0.481 e. The van der Waals surface area contributed by atoms with Gasteiger partial charge < -0.3 is 10.8 Å². The summed E-state index contributed by atoms with van der Waals surface area (Å²) in [6, 6.07) is 5.89. The zero-order valence-corrected chi connectivity index (χ0v) is 9.45. The van der Waals surface area contributed by atoms with Crippen LogP contribution >= 0.6 is 0 Å². The van der Waals surface area contributed by atoms with Gasteiger partial charge >= 0.3 is 5.97 Å². The van der Waals surface area contributed by atoms with E-state index in [0.717, 1.165) is 0 Å². The molecule has 0 bridgehead atoms. The molecule has 0 amide bonds. The van der Waals surface area contributed by atoms with Gasteiger partial charge in [0.2, 0.25) is 0 Å². The van der Waals surface area contributed by atoms with Crippen LogP contribution in [-0.2, 0) is 4.79 Å². The summed E-state index contributed by atoms with van der Waals surface area (Å²) in [5.41, 5.74) is 5.98. The molecule has 0 aliphatic heterocycles. The van der Waals surface area contributed by atoms with Crippen LogP contribution in [0.1, 0.15) is 11.5 Å². The van der Waals surface area contributed by atoms with Gasteiger partial charge in [0.25, 0.3) is 0 Å². The van der Waals surface area contributed by atoms with E-state index >= 15 is 0 Å². The number of aliphatic carboxylic acids is 1. The molecule has 2 rings (SSSR count). The Kier molecular flexibility index (Phi) is 3.38. The van der Waals surface area contributed by atoms with Gasteiger partial charge in [-0.3, -0.25) is 4.79 Å². The highest BCUT2D eigenvalue weighted by atomic mass is 19.1. The number of nitrogens with two attached hydrogens (primary N) is 1. The smallest absolute Gasteiger partial charge is 0.312 e. The lowest BCUT2D eigenvalue weighted by atomic mass is 9.99. The number of hydrogen-bond donors (Lipinski definition) is 2. The van der Waals surface area contributed by atoms with Crippen LogP contribution in [-0.4, -0.2) is 27.4 Å². The highest BCUT2D eigenvalue weighted by molar-refractivity contribution is 5.76. The summed E-state index contributed by atoms with van der Waals surface area (Å²) in [6.45, 7) is -0.0735. The number of aromatic nitrogens is 2. The molecule has 0 spiro atoms. The van der Waals surface area contributed by atoms with Crippen LogP contribution in [0.3, 0.4) is 0 Å². The minimum atomic E-state index is -1.07. The lowest BCUT2D eigenvalue weighted by Crippen LogP contribution is -2.21. The summed E-state index contributed by atoms with van der Waals surface area (Å²) >= 11 is 0. The summed E-state index contributed by atoms with van der Waals surface area (Å²) < 4.78 is 15.3. The van der Waals surface area contributed by atoms with Gasteiger partial charge in [-0.1, -0.05) is 6.07 Å². The molecule has 0 aliphatic carbocycles. The van der Waals surface area contributed by atoms with E-state index < -0.39 is 17.7 Å². The van der Waals surface area contributed by atoms with E-state index in [4.69, 9.17) is 10.8 Å². The first-order valence-electron chi connectivity index (χ1n) is 5.36. The molecule has 2 aromatic rings. The monoisotopic (exact) mass is 249 g/mol. The van der Waals surface area contributed by atoms with Gasteiger partial charge in [-0.25, -0.2) is 9.07 Å². The van der Waals surface area contributed by atoms with E-state index in [1.54, 1.807) is 18.3 Å². The van der Waals surface area contributed by atoms with Crippen LogP contribution < -0.4 is 5.73 Å². The summed E-state index contributed by atoms with van der Waals surface area (Å²) in [4.78, 5) is 10.9. The minimum Gasteiger partial charge on any atom is -0.481 e. The third-order valence-corrected chi connectivity index (χ3v) is 2.66. The van der Waals surface area contributed by atoms with Crippen molar-refractivity contribution in [2.45, 2.75) is 5.92 Å². The predicted molar refractivity (Wildman–Crippen MR) is 63.0 cm³/mol. The van der Waals surface area contributed by atoms with E-state index in [2.05, 4.69) is 5.10 Å². The maximum atomic E-state index is 13.9. The Labute approximate surface area is 103 Å². The van der Waals surface area contributed by atoms with Crippen LogP contribution in [0.5, 0.6) is 0 Å². The van der Waals surface area contributed by atoms with E-state index in [9.17, 15) is 9.18 Å². The van der Waals surface area contributed by atoms with E-state index in [1.807, 2.05) is 0 Å². The zero-order chi connectivity index (χ0) is 13.1. The van der Waals surface area contributed by atoms with Gasteiger partial charge in [0, 0.05) is 18.9 Å². The Balaban J connectivity index is 2.39. The number of carbonyl (C=O) groups is 1. The average Bonchev–Trinajstić information content (AvgIpc) is 2.83. The van der Waals surface area contributed by atoms with Crippen molar-refractivity contribution in [1.29, 1.82) is 0 Å². The molecule has 1 heterocycles. The van der Waals surface area contributed by atoms with Crippen LogP contribution in [0.15, 0.2) is 36.7 Å². The molecule has 18 heavy (non-hydrogen) atoms. The number of rotatable bonds is 4. The Morgan fingerprint density at radius 1 is 1.56 bits per heavy atom. The molecule has 1 unspecified atom stereocenters. The summed E-state index contributed by atoms with van der Waals surface area (Å²) in [6.07, 6.45) is 3.14. The predicted octanol–water partition coefficient (Wildman–Crippen LogP) is 1.14. The Hall–Kier alpha value is -2.21. The zero-order valence-electron chi connectivity index (χ0n) is 9.45. The van der Waals surface area contributed by atoms with Gasteiger partial charge in [0.1, 0.15) is 11.5 Å². The van der Waals surface area contributed by atoms with Crippen molar-refractivity contribution < 1.29 is 14.3 Å². The minimum absolute atomic E-state index is 0.0735. The Morgan fingerprint density at radius 2 is 2.33 bits per heavy atom. The average molecular weight is 249 g/mol. The molecule has 5 nitrogen and oxygen atoms in total. The first kappa shape index (κ1) is 12.3. The van der Waals surface area contributed by atoms with E-state index in [-0.39, 0.29) is 12.2 Å². The lowest BCUT2D eigenvalue weighted by molar-refractivity contribution is -0.138. The molecule has 0 fully saturated rings. The van der Waals surface area contributed by atoms with Gasteiger partial charge in [-0.2, -0.15) is 5.10 Å². The molecule has 1 aromatic carbocycles. The topological polar surface area (TPSA) is 81.1 Å². The Morgan fingerprint density at radius 3 is 2.83 bits per heavy atom. The van der Waals surface area contributed by atoms with Crippen molar-refractivity contribution in [1.82, 2.24) is 9.78 Å². The number of carboxylic acid groups (broad SMARTS) is 1. The third kappa shape index (κ3) is 2.23. The van der Waals surface area contributed by atoms with E-state index in [0.29, 0.717) is 5.56 Å². The first-order chi connectivity index (χ1) is 8.63. The van der Waals surface area contributed by atoms with Crippen LogP contribution in [0, 0.1) is 5.82 Å². The summed E-state index contributed by atoms with van der Waals surface area (Å²) in [5.74, 6) is -2.49. The molecule has 1 atom stereocenters. The molecule has 0 aliphatic rings. The van der Waals surface area contributed by atoms with Crippen LogP contribution in [0.2, 0.25) is 0 Å². The lowest BCUT2D eigenvalue weighted by Gasteiger charge is -2.11. The molecule has 0 saturated heterocycles. The molecule has 0 radical (unpaired) electrons.